The van der Waals surface area contributed by atoms with E-state index in [0.29, 0.717) is 0 Å². The van der Waals surface area contributed by atoms with Gasteiger partial charge in [0.15, 0.2) is 0 Å². The van der Waals surface area contributed by atoms with E-state index in [1.807, 2.05) is 30.3 Å². The number of rotatable bonds is 4. The molecule has 3 rings (SSSR count). The van der Waals surface area contributed by atoms with Crippen LogP contribution in [0.1, 0.15) is 11.1 Å². The molecule has 0 amide bonds. The van der Waals surface area contributed by atoms with Crippen LogP contribution in [0.3, 0.4) is 0 Å². The second-order valence-corrected chi connectivity index (χ2v) is 5.20. The van der Waals surface area contributed by atoms with Gasteiger partial charge in [0.1, 0.15) is 11.5 Å². The SMILES string of the molecule is COc1ccc(OC)c(CN2CCc3cccc(N)c32)c1. The lowest BCUT2D eigenvalue weighted by molar-refractivity contribution is 0.398. The molecule has 2 N–H and O–H groups in total. The third-order valence-corrected chi connectivity index (χ3v) is 3.97. The van der Waals surface area contributed by atoms with Crippen LogP contribution in [-0.2, 0) is 13.0 Å². The molecule has 2 aromatic rings. The van der Waals surface area contributed by atoms with Gasteiger partial charge < -0.3 is 20.1 Å². The fourth-order valence-corrected chi connectivity index (χ4v) is 2.94. The Morgan fingerprint density at radius 1 is 1.14 bits per heavy atom. The number of ether oxygens (including phenoxy) is 2. The molecular formula is C17H20N2O2. The molecule has 0 unspecified atom stereocenters. The molecule has 0 saturated carbocycles. The van der Waals surface area contributed by atoms with Gasteiger partial charge in [-0.1, -0.05) is 12.1 Å². The molecule has 0 bridgehead atoms. The van der Waals surface area contributed by atoms with Gasteiger partial charge in [0.05, 0.1) is 25.6 Å². The molecule has 0 aromatic heterocycles. The van der Waals surface area contributed by atoms with Gasteiger partial charge in [-0.3, -0.25) is 0 Å². The normalized spacial score (nSPS) is 13.1. The van der Waals surface area contributed by atoms with Crippen molar-refractivity contribution in [3.63, 3.8) is 0 Å². The monoisotopic (exact) mass is 284 g/mol. The van der Waals surface area contributed by atoms with Gasteiger partial charge in [-0.2, -0.15) is 0 Å². The zero-order valence-corrected chi connectivity index (χ0v) is 12.4. The van der Waals surface area contributed by atoms with E-state index in [9.17, 15) is 0 Å². The molecule has 1 heterocycles. The van der Waals surface area contributed by atoms with Gasteiger partial charge in [-0.25, -0.2) is 0 Å². The number of hydrogen-bond acceptors (Lipinski definition) is 4. The van der Waals surface area contributed by atoms with Crippen molar-refractivity contribution in [3.8, 4) is 11.5 Å². The van der Waals surface area contributed by atoms with E-state index in [-0.39, 0.29) is 0 Å². The van der Waals surface area contributed by atoms with Crippen molar-refractivity contribution in [3.05, 3.63) is 47.5 Å². The highest BCUT2D eigenvalue weighted by atomic mass is 16.5. The number of benzene rings is 2. The van der Waals surface area contributed by atoms with Crippen LogP contribution < -0.4 is 20.1 Å². The molecule has 110 valence electrons. The third-order valence-electron chi connectivity index (χ3n) is 3.97. The fraction of sp³-hybridized carbons (Fsp3) is 0.294. The lowest BCUT2D eigenvalue weighted by Crippen LogP contribution is -2.21. The second kappa shape index (κ2) is 5.56. The third kappa shape index (κ3) is 2.49. The van der Waals surface area contributed by atoms with E-state index in [1.54, 1.807) is 14.2 Å². The number of nitrogen functional groups attached to an aromatic ring is 1. The summed E-state index contributed by atoms with van der Waals surface area (Å²) in [5.41, 5.74) is 10.6. The first kappa shape index (κ1) is 13.6. The van der Waals surface area contributed by atoms with Crippen molar-refractivity contribution in [1.29, 1.82) is 0 Å². The Kier molecular flexibility index (Phi) is 3.60. The Bertz CT molecular complexity index is 655. The summed E-state index contributed by atoms with van der Waals surface area (Å²) < 4.78 is 10.8. The fourth-order valence-electron chi connectivity index (χ4n) is 2.94. The van der Waals surface area contributed by atoms with E-state index in [4.69, 9.17) is 15.2 Å². The lowest BCUT2D eigenvalue weighted by atomic mass is 10.1. The Labute approximate surface area is 125 Å². The molecule has 1 aliphatic rings. The van der Waals surface area contributed by atoms with Crippen molar-refractivity contribution < 1.29 is 9.47 Å². The minimum absolute atomic E-state index is 0.765. The van der Waals surface area contributed by atoms with E-state index >= 15 is 0 Å². The van der Waals surface area contributed by atoms with E-state index in [2.05, 4.69) is 11.0 Å². The minimum atomic E-state index is 0.765. The molecule has 2 aromatic carbocycles. The molecular weight excluding hydrogens is 264 g/mol. The van der Waals surface area contributed by atoms with Crippen LogP contribution in [0.15, 0.2) is 36.4 Å². The molecule has 21 heavy (non-hydrogen) atoms. The van der Waals surface area contributed by atoms with Gasteiger partial charge in [-0.05, 0) is 36.2 Å². The largest absolute Gasteiger partial charge is 0.497 e. The molecule has 1 aliphatic heterocycles. The van der Waals surface area contributed by atoms with E-state index in [0.717, 1.165) is 47.9 Å². The lowest BCUT2D eigenvalue weighted by Gasteiger charge is -2.22. The maximum Gasteiger partial charge on any atom is 0.124 e. The minimum Gasteiger partial charge on any atom is -0.497 e. The van der Waals surface area contributed by atoms with Crippen molar-refractivity contribution in [2.45, 2.75) is 13.0 Å². The summed E-state index contributed by atoms with van der Waals surface area (Å²) in [6.07, 6.45) is 1.03. The first-order chi connectivity index (χ1) is 10.2. The van der Waals surface area contributed by atoms with Gasteiger partial charge >= 0.3 is 0 Å². The smallest absolute Gasteiger partial charge is 0.124 e. The molecule has 0 atom stereocenters. The average molecular weight is 284 g/mol. The number of para-hydroxylation sites is 1. The molecule has 0 aliphatic carbocycles. The maximum absolute atomic E-state index is 6.14. The van der Waals surface area contributed by atoms with Crippen LogP contribution in [0.5, 0.6) is 11.5 Å². The molecule has 0 fully saturated rings. The summed E-state index contributed by atoms with van der Waals surface area (Å²) in [6.45, 7) is 1.74. The zero-order chi connectivity index (χ0) is 14.8. The van der Waals surface area contributed by atoms with Gasteiger partial charge in [-0.15, -0.1) is 0 Å². The van der Waals surface area contributed by atoms with Crippen LogP contribution >= 0.6 is 0 Å². The van der Waals surface area contributed by atoms with Crippen LogP contribution in [0.2, 0.25) is 0 Å². The Balaban J connectivity index is 1.92. The van der Waals surface area contributed by atoms with Gasteiger partial charge in [0.2, 0.25) is 0 Å². The number of fused-ring (bicyclic) bond motifs is 1. The number of nitrogens with zero attached hydrogens (tertiary/aromatic N) is 1. The van der Waals surface area contributed by atoms with Crippen LogP contribution in [-0.4, -0.2) is 20.8 Å². The first-order valence-electron chi connectivity index (χ1n) is 7.06. The number of methoxy groups -OCH3 is 2. The maximum atomic E-state index is 6.14. The molecule has 0 spiro atoms. The number of nitrogens with two attached hydrogens (primary N) is 1. The summed E-state index contributed by atoms with van der Waals surface area (Å²) in [4.78, 5) is 2.31. The standard InChI is InChI=1S/C17H20N2O2/c1-20-14-6-7-16(21-2)13(10-14)11-19-9-8-12-4-3-5-15(18)17(12)19/h3-7,10H,8-9,11,18H2,1-2H3. The topological polar surface area (TPSA) is 47.7 Å². The molecule has 0 radical (unpaired) electrons. The molecule has 4 nitrogen and oxygen atoms in total. The highest BCUT2D eigenvalue weighted by molar-refractivity contribution is 5.74. The van der Waals surface area contributed by atoms with E-state index < -0.39 is 0 Å². The van der Waals surface area contributed by atoms with Crippen molar-refractivity contribution >= 4 is 11.4 Å². The summed E-state index contributed by atoms with van der Waals surface area (Å²) >= 11 is 0. The summed E-state index contributed by atoms with van der Waals surface area (Å²) in [5.74, 6) is 1.71. The van der Waals surface area contributed by atoms with Crippen LogP contribution in [0, 0.1) is 0 Å². The van der Waals surface area contributed by atoms with Crippen molar-refractivity contribution in [2.24, 2.45) is 0 Å². The number of hydrogen-bond donors (Lipinski definition) is 1. The Morgan fingerprint density at radius 3 is 2.76 bits per heavy atom. The molecule has 0 saturated heterocycles. The zero-order valence-electron chi connectivity index (χ0n) is 12.4. The Hall–Kier alpha value is -2.36. The van der Waals surface area contributed by atoms with E-state index in [1.165, 1.54) is 5.56 Å². The van der Waals surface area contributed by atoms with Crippen molar-refractivity contribution in [1.82, 2.24) is 0 Å². The van der Waals surface area contributed by atoms with Crippen LogP contribution in [0.4, 0.5) is 11.4 Å². The van der Waals surface area contributed by atoms with Gasteiger partial charge in [0, 0.05) is 18.7 Å². The molecule has 4 heteroatoms. The first-order valence-corrected chi connectivity index (χ1v) is 7.06. The Morgan fingerprint density at radius 2 is 2.00 bits per heavy atom. The number of anilines is 2. The summed E-state index contributed by atoms with van der Waals surface area (Å²) in [5, 5.41) is 0. The average Bonchev–Trinajstić information content (AvgIpc) is 2.91. The van der Waals surface area contributed by atoms with Crippen LogP contribution in [0.25, 0.3) is 0 Å². The quantitative estimate of drug-likeness (QED) is 0.877. The predicted octanol–water partition coefficient (Wildman–Crippen LogP) is 2.85. The van der Waals surface area contributed by atoms with Gasteiger partial charge in [0.25, 0.3) is 0 Å². The van der Waals surface area contributed by atoms with Crippen molar-refractivity contribution in [2.75, 3.05) is 31.4 Å². The highest BCUT2D eigenvalue weighted by Gasteiger charge is 2.22. The highest BCUT2D eigenvalue weighted by Crippen LogP contribution is 2.36. The summed E-state index contributed by atoms with van der Waals surface area (Å²) in [7, 11) is 3.37. The predicted molar refractivity (Wildman–Crippen MR) is 85.2 cm³/mol. The second-order valence-electron chi connectivity index (χ2n) is 5.20. The summed E-state index contributed by atoms with van der Waals surface area (Å²) in [6, 6.07) is 12.0.